The molecule has 6 heteroatoms. The van der Waals surface area contributed by atoms with E-state index < -0.39 is 17.8 Å². The Bertz CT molecular complexity index is 886. The van der Waals surface area contributed by atoms with E-state index in [2.05, 4.69) is 4.99 Å². The van der Waals surface area contributed by atoms with Gasteiger partial charge in [-0.05, 0) is 35.9 Å². The Kier molecular flexibility index (Phi) is 4.20. The van der Waals surface area contributed by atoms with Crippen LogP contribution in [0.5, 0.6) is 0 Å². The molecule has 0 fully saturated rings. The van der Waals surface area contributed by atoms with Gasteiger partial charge in [0.25, 0.3) is 0 Å². The number of cyclic esters (lactones) is 1. The number of halogens is 1. The fraction of sp³-hybridized carbons (Fsp3) is 0.0556. The predicted octanol–water partition coefficient (Wildman–Crippen LogP) is 2.96. The zero-order chi connectivity index (χ0) is 17.1. The van der Waals surface area contributed by atoms with Crippen LogP contribution in [0.4, 0.5) is 4.39 Å². The number of benzene rings is 2. The monoisotopic (exact) mass is 325 g/mol. The molecule has 0 bridgehead atoms. The van der Waals surface area contributed by atoms with Crippen LogP contribution in [0.25, 0.3) is 6.08 Å². The lowest BCUT2D eigenvalue weighted by molar-refractivity contribution is -0.129. The van der Waals surface area contributed by atoms with Crippen LogP contribution < -0.4 is 0 Å². The van der Waals surface area contributed by atoms with Crippen LogP contribution in [0.15, 0.2) is 59.2 Å². The minimum atomic E-state index is -0.672. The van der Waals surface area contributed by atoms with Crippen LogP contribution >= 0.6 is 0 Å². The quantitative estimate of drug-likeness (QED) is 0.643. The Morgan fingerprint density at radius 1 is 1.21 bits per heavy atom. The molecule has 1 aliphatic heterocycles. The zero-order valence-electron chi connectivity index (χ0n) is 12.7. The van der Waals surface area contributed by atoms with Crippen molar-refractivity contribution in [3.05, 3.63) is 76.7 Å². The number of methoxy groups -OCH3 is 1. The highest BCUT2D eigenvalue weighted by molar-refractivity contribution is 6.13. The van der Waals surface area contributed by atoms with Crippen molar-refractivity contribution in [2.24, 2.45) is 4.99 Å². The second-order valence-corrected chi connectivity index (χ2v) is 4.93. The molecule has 0 saturated carbocycles. The van der Waals surface area contributed by atoms with Gasteiger partial charge in [-0.2, -0.15) is 0 Å². The average Bonchev–Trinajstić information content (AvgIpc) is 2.95. The van der Waals surface area contributed by atoms with Crippen molar-refractivity contribution in [2.45, 2.75) is 0 Å². The van der Waals surface area contributed by atoms with Crippen LogP contribution in [0.2, 0.25) is 0 Å². The first kappa shape index (κ1) is 15.6. The van der Waals surface area contributed by atoms with Gasteiger partial charge in [0, 0.05) is 5.56 Å². The molecule has 120 valence electrons. The molecule has 0 aromatic heterocycles. The lowest BCUT2D eigenvalue weighted by atomic mass is 10.1. The number of carbonyl (C=O) groups excluding carboxylic acids is 2. The third-order valence-corrected chi connectivity index (χ3v) is 3.35. The van der Waals surface area contributed by atoms with Crippen molar-refractivity contribution in [2.75, 3.05) is 7.11 Å². The van der Waals surface area contributed by atoms with Gasteiger partial charge in [0.1, 0.15) is 5.82 Å². The van der Waals surface area contributed by atoms with Gasteiger partial charge in [-0.15, -0.1) is 0 Å². The lowest BCUT2D eigenvalue weighted by Crippen LogP contribution is -2.06. The number of aliphatic imine (C=N–C) groups is 1. The van der Waals surface area contributed by atoms with Gasteiger partial charge < -0.3 is 9.47 Å². The van der Waals surface area contributed by atoms with Crippen molar-refractivity contribution in [1.29, 1.82) is 0 Å². The normalized spacial score (nSPS) is 15.2. The van der Waals surface area contributed by atoms with E-state index in [4.69, 9.17) is 9.47 Å². The first-order chi connectivity index (χ1) is 11.6. The van der Waals surface area contributed by atoms with Crippen LogP contribution in [0, 0.1) is 5.82 Å². The average molecular weight is 325 g/mol. The summed E-state index contributed by atoms with van der Waals surface area (Å²) in [6.45, 7) is 0. The summed E-state index contributed by atoms with van der Waals surface area (Å²) < 4.78 is 23.1. The Morgan fingerprint density at radius 2 is 2.00 bits per heavy atom. The number of esters is 2. The van der Waals surface area contributed by atoms with Gasteiger partial charge in [-0.25, -0.2) is 19.0 Å². The summed E-state index contributed by atoms with van der Waals surface area (Å²) in [4.78, 5) is 27.8. The van der Waals surface area contributed by atoms with Crippen molar-refractivity contribution < 1.29 is 23.5 Å². The van der Waals surface area contributed by atoms with E-state index in [9.17, 15) is 14.0 Å². The molecule has 1 aliphatic rings. The lowest BCUT2D eigenvalue weighted by Gasteiger charge is -2.03. The van der Waals surface area contributed by atoms with Gasteiger partial charge in [0.2, 0.25) is 5.90 Å². The Morgan fingerprint density at radius 3 is 2.75 bits per heavy atom. The standard InChI is InChI=1S/C18H12FNO4/c1-23-17(21)14-8-3-2-5-11(14)10-15-18(22)24-16(20-15)12-6-4-7-13(19)9-12/h2-10H,1H3/b15-10-. The van der Waals surface area contributed by atoms with Crippen LogP contribution in [-0.2, 0) is 14.3 Å². The molecule has 0 radical (unpaired) electrons. The van der Waals surface area contributed by atoms with Crippen molar-refractivity contribution in [1.82, 2.24) is 0 Å². The first-order valence-corrected chi connectivity index (χ1v) is 7.04. The topological polar surface area (TPSA) is 65.0 Å². The van der Waals surface area contributed by atoms with E-state index >= 15 is 0 Å². The summed E-state index contributed by atoms with van der Waals surface area (Å²) in [5, 5.41) is 0. The van der Waals surface area contributed by atoms with E-state index in [0.29, 0.717) is 16.7 Å². The molecule has 0 saturated heterocycles. The maximum atomic E-state index is 13.3. The van der Waals surface area contributed by atoms with Crippen molar-refractivity contribution >= 4 is 23.9 Å². The molecular formula is C18H12FNO4. The predicted molar refractivity (Wildman–Crippen MR) is 84.8 cm³/mol. The molecule has 0 atom stereocenters. The summed E-state index contributed by atoms with van der Waals surface area (Å²) >= 11 is 0. The molecular weight excluding hydrogens is 313 g/mol. The van der Waals surface area contributed by atoms with Gasteiger partial charge >= 0.3 is 11.9 Å². The molecule has 0 N–H and O–H groups in total. The van der Waals surface area contributed by atoms with Crippen LogP contribution in [0.3, 0.4) is 0 Å². The largest absolute Gasteiger partial charge is 0.465 e. The summed E-state index contributed by atoms with van der Waals surface area (Å²) in [5.74, 6) is -1.64. The van der Waals surface area contributed by atoms with Gasteiger partial charge in [0.05, 0.1) is 12.7 Å². The number of hydrogen-bond acceptors (Lipinski definition) is 5. The third-order valence-electron chi connectivity index (χ3n) is 3.35. The fourth-order valence-electron chi connectivity index (χ4n) is 2.22. The van der Waals surface area contributed by atoms with E-state index in [0.717, 1.165) is 0 Å². The SMILES string of the molecule is COC(=O)c1ccccc1/C=C1\N=C(c2cccc(F)c2)OC1=O. The van der Waals surface area contributed by atoms with Gasteiger partial charge in [-0.3, -0.25) is 0 Å². The van der Waals surface area contributed by atoms with E-state index in [1.54, 1.807) is 30.3 Å². The first-order valence-electron chi connectivity index (χ1n) is 7.04. The van der Waals surface area contributed by atoms with E-state index in [1.165, 1.54) is 31.4 Å². The van der Waals surface area contributed by atoms with Gasteiger partial charge in [0.15, 0.2) is 5.70 Å². The number of rotatable bonds is 3. The molecule has 2 aromatic rings. The van der Waals surface area contributed by atoms with Crippen molar-refractivity contribution in [3.8, 4) is 0 Å². The van der Waals surface area contributed by atoms with E-state index in [-0.39, 0.29) is 11.6 Å². The second kappa shape index (κ2) is 6.45. The molecule has 0 spiro atoms. The number of hydrogen-bond donors (Lipinski definition) is 0. The molecule has 2 aromatic carbocycles. The summed E-state index contributed by atoms with van der Waals surface area (Å²) in [5.41, 5.74) is 1.15. The minimum Gasteiger partial charge on any atom is -0.465 e. The highest BCUT2D eigenvalue weighted by Gasteiger charge is 2.25. The Labute approximate surface area is 137 Å². The highest BCUT2D eigenvalue weighted by atomic mass is 19.1. The molecule has 24 heavy (non-hydrogen) atoms. The Balaban J connectivity index is 1.99. The smallest absolute Gasteiger partial charge is 0.363 e. The molecule has 0 amide bonds. The number of nitrogens with zero attached hydrogens (tertiary/aromatic N) is 1. The maximum Gasteiger partial charge on any atom is 0.363 e. The minimum absolute atomic E-state index is 0.0151. The zero-order valence-corrected chi connectivity index (χ0v) is 12.7. The van der Waals surface area contributed by atoms with E-state index in [1.807, 2.05) is 0 Å². The van der Waals surface area contributed by atoms with Crippen molar-refractivity contribution in [3.63, 3.8) is 0 Å². The fourth-order valence-corrected chi connectivity index (χ4v) is 2.22. The summed E-state index contributed by atoms with van der Waals surface area (Å²) in [7, 11) is 1.27. The maximum absolute atomic E-state index is 13.3. The molecule has 0 unspecified atom stereocenters. The van der Waals surface area contributed by atoms with Gasteiger partial charge in [-0.1, -0.05) is 24.3 Å². The number of carbonyl (C=O) groups is 2. The summed E-state index contributed by atoms with van der Waals surface area (Å²) in [6, 6.07) is 12.2. The number of ether oxygens (including phenoxy) is 2. The molecule has 0 aliphatic carbocycles. The summed E-state index contributed by atoms with van der Waals surface area (Å²) in [6.07, 6.45) is 1.43. The second-order valence-electron chi connectivity index (χ2n) is 4.93. The molecule has 5 nitrogen and oxygen atoms in total. The van der Waals surface area contributed by atoms with Crippen LogP contribution in [0.1, 0.15) is 21.5 Å². The third kappa shape index (κ3) is 3.08. The van der Waals surface area contributed by atoms with Crippen LogP contribution in [-0.4, -0.2) is 24.9 Å². The molecule has 3 rings (SSSR count). The highest BCUT2D eigenvalue weighted by Crippen LogP contribution is 2.21. The Hall–Kier alpha value is -3.28. The molecule has 1 heterocycles.